The smallest absolute Gasteiger partial charge is 0.123 e. The average molecular weight is 239 g/mol. The minimum atomic E-state index is -0.180. The number of benzene rings is 1. The summed E-state index contributed by atoms with van der Waals surface area (Å²) in [5.74, 6) is 2.17. The SMILES string of the molecule is Fc1ccc(C(Cl)C2CC3CCC2C3)cc1. The summed E-state index contributed by atoms with van der Waals surface area (Å²) in [5.41, 5.74) is 1.08. The molecule has 0 amide bonds. The maximum atomic E-state index is 12.8. The van der Waals surface area contributed by atoms with Crippen molar-refractivity contribution in [1.29, 1.82) is 0 Å². The molecule has 2 aliphatic carbocycles. The van der Waals surface area contributed by atoms with Gasteiger partial charge >= 0.3 is 0 Å². The largest absolute Gasteiger partial charge is 0.207 e. The molecule has 2 saturated carbocycles. The predicted octanol–water partition coefficient (Wildman–Crippen LogP) is 4.54. The predicted molar refractivity (Wildman–Crippen MR) is 63.9 cm³/mol. The van der Waals surface area contributed by atoms with E-state index in [2.05, 4.69) is 0 Å². The molecule has 0 saturated heterocycles. The van der Waals surface area contributed by atoms with Gasteiger partial charge in [0.15, 0.2) is 0 Å². The molecule has 1 aromatic carbocycles. The number of alkyl halides is 1. The van der Waals surface area contributed by atoms with Crippen LogP contribution in [0.15, 0.2) is 24.3 Å². The molecule has 2 fully saturated rings. The third-order valence-corrected chi connectivity index (χ3v) is 4.93. The van der Waals surface area contributed by atoms with Crippen LogP contribution in [0.1, 0.15) is 36.6 Å². The summed E-state index contributed by atoms with van der Waals surface area (Å²) >= 11 is 6.54. The molecule has 0 heterocycles. The van der Waals surface area contributed by atoms with Crippen LogP contribution in [0, 0.1) is 23.6 Å². The van der Waals surface area contributed by atoms with Gasteiger partial charge in [-0.1, -0.05) is 18.6 Å². The van der Waals surface area contributed by atoms with Gasteiger partial charge in [0, 0.05) is 0 Å². The van der Waals surface area contributed by atoms with Crippen LogP contribution in [0.5, 0.6) is 0 Å². The molecular weight excluding hydrogens is 223 g/mol. The van der Waals surface area contributed by atoms with Crippen LogP contribution in [0.3, 0.4) is 0 Å². The topological polar surface area (TPSA) is 0 Å². The summed E-state index contributed by atoms with van der Waals surface area (Å²) in [6, 6.07) is 6.69. The van der Waals surface area contributed by atoms with Crippen molar-refractivity contribution in [2.24, 2.45) is 17.8 Å². The van der Waals surface area contributed by atoms with E-state index < -0.39 is 0 Å². The number of hydrogen-bond acceptors (Lipinski definition) is 0. The van der Waals surface area contributed by atoms with Gasteiger partial charge in [0.25, 0.3) is 0 Å². The summed E-state index contributed by atoms with van der Waals surface area (Å²) in [4.78, 5) is 0. The standard InChI is InChI=1S/C14H16ClF/c15-14(10-3-5-12(16)6-4-10)13-8-9-1-2-11(13)7-9/h3-6,9,11,13-14H,1-2,7-8H2. The van der Waals surface area contributed by atoms with Crippen molar-refractivity contribution < 1.29 is 4.39 Å². The molecule has 0 spiro atoms. The zero-order valence-corrected chi connectivity index (χ0v) is 9.96. The van der Waals surface area contributed by atoms with Crippen LogP contribution in [-0.2, 0) is 0 Å². The zero-order valence-electron chi connectivity index (χ0n) is 9.20. The highest BCUT2D eigenvalue weighted by Crippen LogP contribution is 2.54. The number of hydrogen-bond donors (Lipinski definition) is 0. The van der Waals surface area contributed by atoms with Gasteiger partial charge in [-0.15, -0.1) is 11.6 Å². The fraction of sp³-hybridized carbons (Fsp3) is 0.571. The van der Waals surface area contributed by atoms with Crippen LogP contribution in [0.4, 0.5) is 4.39 Å². The van der Waals surface area contributed by atoms with Crippen molar-refractivity contribution in [2.75, 3.05) is 0 Å². The van der Waals surface area contributed by atoms with E-state index in [0.717, 1.165) is 17.4 Å². The van der Waals surface area contributed by atoms with Crippen LogP contribution < -0.4 is 0 Å². The maximum Gasteiger partial charge on any atom is 0.123 e. The highest BCUT2D eigenvalue weighted by molar-refractivity contribution is 6.21. The van der Waals surface area contributed by atoms with Gasteiger partial charge in [0.2, 0.25) is 0 Å². The molecule has 1 aromatic rings. The van der Waals surface area contributed by atoms with Crippen molar-refractivity contribution in [3.8, 4) is 0 Å². The molecule has 2 bridgehead atoms. The molecule has 86 valence electrons. The Hall–Kier alpha value is -0.560. The van der Waals surface area contributed by atoms with Crippen molar-refractivity contribution in [3.05, 3.63) is 35.6 Å². The molecule has 4 atom stereocenters. The van der Waals surface area contributed by atoms with E-state index in [1.54, 1.807) is 0 Å². The maximum absolute atomic E-state index is 12.8. The quantitative estimate of drug-likeness (QED) is 0.664. The Balaban J connectivity index is 1.77. The number of fused-ring (bicyclic) bond motifs is 2. The molecule has 3 rings (SSSR count). The fourth-order valence-electron chi connectivity index (χ4n) is 3.55. The summed E-state index contributed by atoms with van der Waals surface area (Å²) in [6.07, 6.45) is 5.39. The van der Waals surface area contributed by atoms with E-state index in [4.69, 9.17) is 11.6 Å². The Morgan fingerprint density at radius 1 is 1.12 bits per heavy atom. The molecule has 0 aromatic heterocycles. The Morgan fingerprint density at radius 2 is 1.88 bits per heavy atom. The Morgan fingerprint density at radius 3 is 2.44 bits per heavy atom. The first-order valence-electron chi connectivity index (χ1n) is 6.13. The lowest BCUT2D eigenvalue weighted by Crippen LogP contribution is -2.15. The molecular formula is C14H16ClF. The Kier molecular flexibility index (Phi) is 2.67. The second kappa shape index (κ2) is 4.03. The second-order valence-corrected chi connectivity index (χ2v) is 5.76. The minimum Gasteiger partial charge on any atom is -0.207 e. The molecule has 0 N–H and O–H groups in total. The van der Waals surface area contributed by atoms with Crippen molar-refractivity contribution in [2.45, 2.75) is 31.1 Å². The van der Waals surface area contributed by atoms with E-state index in [9.17, 15) is 4.39 Å². The third-order valence-electron chi connectivity index (χ3n) is 4.36. The van der Waals surface area contributed by atoms with Crippen molar-refractivity contribution in [3.63, 3.8) is 0 Å². The lowest BCUT2D eigenvalue weighted by molar-refractivity contribution is 0.323. The van der Waals surface area contributed by atoms with E-state index in [-0.39, 0.29) is 11.2 Å². The lowest BCUT2D eigenvalue weighted by atomic mass is 9.84. The molecule has 0 aliphatic heterocycles. The number of rotatable bonds is 2. The zero-order chi connectivity index (χ0) is 11.1. The van der Waals surface area contributed by atoms with Gasteiger partial charge in [0.1, 0.15) is 5.82 Å². The summed E-state index contributed by atoms with van der Waals surface area (Å²) in [5, 5.41) is 0.0795. The normalized spacial score (nSPS) is 34.2. The van der Waals surface area contributed by atoms with Crippen molar-refractivity contribution >= 4 is 11.6 Å². The van der Waals surface area contributed by atoms with Crippen LogP contribution in [0.25, 0.3) is 0 Å². The van der Waals surface area contributed by atoms with Crippen LogP contribution in [-0.4, -0.2) is 0 Å². The highest BCUT2D eigenvalue weighted by atomic mass is 35.5. The molecule has 4 unspecified atom stereocenters. The summed E-state index contributed by atoms with van der Waals surface area (Å²) in [6.45, 7) is 0. The van der Waals surface area contributed by atoms with E-state index in [1.165, 1.54) is 37.8 Å². The van der Waals surface area contributed by atoms with Gasteiger partial charge in [-0.3, -0.25) is 0 Å². The Bertz CT molecular complexity index is 373. The van der Waals surface area contributed by atoms with Crippen LogP contribution >= 0.6 is 11.6 Å². The second-order valence-electron chi connectivity index (χ2n) is 5.29. The third kappa shape index (κ3) is 1.75. The highest BCUT2D eigenvalue weighted by Gasteiger charge is 2.42. The minimum absolute atomic E-state index is 0.0795. The van der Waals surface area contributed by atoms with E-state index in [0.29, 0.717) is 5.92 Å². The molecule has 16 heavy (non-hydrogen) atoms. The van der Waals surface area contributed by atoms with Crippen molar-refractivity contribution in [1.82, 2.24) is 0 Å². The molecule has 2 aliphatic rings. The fourth-order valence-corrected chi connectivity index (χ4v) is 4.00. The Labute approximate surface area is 101 Å². The summed E-state index contributed by atoms with van der Waals surface area (Å²) in [7, 11) is 0. The van der Waals surface area contributed by atoms with Crippen LogP contribution in [0.2, 0.25) is 0 Å². The molecule has 0 radical (unpaired) electrons. The first-order valence-corrected chi connectivity index (χ1v) is 6.57. The van der Waals surface area contributed by atoms with Gasteiger partial charge in [-0.05, 0) is 54.7 Å². The van der Waals surface area contributed by atoms with Gasteiger partial charge in [-0.25, -0.2) is 4.39 Å². The van der Waals surface area contributed by atoms with Gasteiger partial charge < -0.3 is 0 Å². The first-order chi connectivity index (χ1) is 7.74. The van der Waals surface area contributed by atoms with Gasteiger partial charge in [-0.2, -0.15) is 0 Å². The summed E-state index contributed by atoms with van der Waals surface area (Å²) < 4.78 is 12.8. The van der Waals surface area contributed by atoms with E-state index in [1.807, 2.05) is 12.1 Å². The first kappa shape index (κ1) is 10.6. The molecule has 2 heteroatoms. The monoisotopic (exact) mass is 238 g/mol. The molecule has 0 nitrogen and oxygen atoms in total. The lowest BCUT2D eigenvalue weighted by Gasteiger charge is -2.26. The van der Waals surface area contributed by atoms with E-state index >= 15 is 0 Å². The average Bonchev–Trinajstić information content (AvgIpc) is 2.91. The number of halogens is 2. The van der Waals surface area contributed by atoms with Gasteiger partial charge in [0.05, 0.1) is 5.38 Å².